The van der Waals surface area contributed by atoms with E-state index in [2.05, 4.69) is 11.4 Å². The first-order valence-electron chi connectivity index (χ1n) is 8.82. The number of ether oxygens (including phenoxy) is 2. The minimum absolute atomic E-state index is 0.0307. The number of rotatable bonds is 9. The molecule has 146 valence electrons. The van der Waals surface area contributed by atoms with Crippen molar-refractivity contribution in [3.8, 4) is 11.5 Å². The number of nitrogens with one attached hydrogen (secondary N) is 1. The van der Waals surface area contributed by atoms with E-state index in [0.29, 0.717) is 29.7 Å². The summed E-state index contributed by atoms with van der Waals surface area (Å²) in [5.74, 6) is 0.0874. The number of aryl methyl sites for hydroxylation is 1. The lowest BCUT2D eigenvalue weighted by Crippen LogP contribution is -2.40. The molecule has 2 rings (SSSR count). The summed E-state index contributed by atoms with van der Waals surface area (Å²) in [5.41, 5.74) is 3.03. The van der Waals surface area contributed by atoms with Crippen LogP contribution in [0.25, 0.3) is 0 Å². The highest BCUT2D eigenvalue weighted by atomic mass is 35.5. The van der Waals surface area contributed by atoms with Crippen LogP contribution in [0.2, 0.25) is 5.02 Å². The summed E-state index contributed by atoms with van der Waals surface area (Å²) < 4.78 is 11.3. The lowest BCUT2D eigenvalue weighted by Gasteiger charge is -2.19. The van der Waals surface area contributed by atoms with Gasteiger partial charge in [-0.3, -0.25) is 4.79 Å². The van der Waals surface area contributed by atoms with Crippen LogP contribution in [-0.4, -0.2) is 24.2 Å². The molecule has 0 spiro atoms. The number of aliphatic carboxylic acids is 1. The van der Waals surface area contributed by atoms with Gasteiger partial charge in [0.2, 0.25) is 0 Å². The van der Waals surface area contributed by atoms with Crippen molar-refractivity contribution in [1.29, 1.82) is 0 Å². The summed E-state index contributed by atoms with van der Waals surface area (Å²) >= 11 is 6.40. The van der Waals surface area contributed by atoms with Crippen LogP contribution < -0.4 is 14.8 Å². The van der Waals surface area contributed by atoms with Crippen LogP contribution in [0.4, 0.5) is 0 Å². The predicted molar refractivity (Wildman–Crippen MR) is 107 cm³/mol. The van der Waals surface area contributed by atoms with Crippen LogP contribution in [0.5, 0.6) is 11.5 Å². The summed E-state index contributed by atoms with van der Waals surface area (Å²) in [4.78, 5) is 11.3. The summed E-state index contributed by atoms with van der Waals surface area (Å²) in [5, 5.41) is 12.8. The average molecular weight is 392 g/mol. The second-order valence-corrected chi connectivity index (χ2v) is 7.23. The zero-order valence-corrected chi connectivity index (χ0v) is 16.8. The van der Waals surface area contributed by atoms with E-state index in [4.69, 9.17) is 21.1 Å². The fraction of sp³-hybridized carbons (Fsp3) is 0.381. The summed E-state index contributed by atoms with van der Waals surface area (Å²) in [6.07, 6.45) is 0. The van der Waals surface area contributed by atoms with E-state index >= 15 is 0 Å². The van der Waals surface area contributed by atoms with Gasteiger partial charge in [-0.15, -0.1) is 0 Å². The van der Waals surface area contributed by atoms with Gasteiger partial charge in [0.25, 0.3) is 0 Å². The Kier molecular flexibility index (Phi) is 7.51. The van der Waals surface area contributed by atoms with Gasteiger partial charge in [-0.1, -0.05) is 55.3 Å². The van der Waals surface area contributed by atoms with Gasteiger partial charge >= 0.3 is 5.97 Å². The molecule has 0 amide bonds. The van der Waals surface area contributed by atoms with Gasteiger partial charge in [0, 0.05) is 6.54 Å². The Hall–Kier alpha value is -2.24. The molecule has 6 heteroatoms. The first kappa shape index (κ1) is 21.1. The van der Waals surface area contributed by atoms with Crippen LogP contribution in [0.15, 0.2) is 36.4 Å². The second kappa shape index (κ2) is 9.62. The molecule has 0 aromatic heterocycles. The Morgan fingerprint density at radius 2 is 1.96 bits per heavy atom. The van der Waals surface area contributed by atoms with Gasteiger partial charge in [0.15, 0.2) is 11.5 Å². The number of hydrogen-bond donors (Lipinski definition) is 2. The third kappa shape index (κ3) is 5.88. The van der Waals surface area contributed by atoms with Crippen molar-refractivity contribution in [2.45, 2.75) is 40.0 Å². The van der Waals surface area contributed by atoms with Gasteiger partial charge in [-0.05, 0) is 36.1 Å². The Balaban J connectivity index is 2.13. The Morgan fingerprint density at radius 1 is 1.22 bits per heavy atom. The largest absolute Gasteiger partial charge is 0.493 e. The SMILES string of the molecule is COc1cc(CNC(C(=O)O)C(C)C)cc(Cl)c1OCc1cccc(C)c1. The number of hydrogen-bond acceptors (Lipinski definition) is 4. The zero-order valence-electron chi connectivity index (χ0n) is 16.1. The molecule has 0 heterocycles. The Morgan fingerprint density at radius 3 is 2.56 bits per heavy atom. The highest BCUT2D eigenvalue weighted by Gasteiger charge is 2.21. The molecule has 0 aliphatic heterocycles. The predicted octanol–water partition coefficient (Wildman–Crippen LogP) is 4.43. The van der Waals surface area contributed by atoms with Crippen molar-refractivity contribution in [1.82, 2.24) is 5.32 Å². The molecular formula is C21H26ClNO4. The van der Waals surface area contributed by atoms with Crippen molar-refractivity contribution in [2.24, 2.45) is 5.92 Å². The van der Waals surface area contributed by atoms with Gasteiger partial charge in [-0.25, -0.2) is 0 Å². The zero-order chi connectivity index (χ0) is 20.0. The maximum absolute atomic E-state index is 11.3. The molecule has 0 aliphatic rings. The van der Waals surface area contributed by atoms with Crippen LogP contribution in [0.3, 0.4) is 0 Å². The second-order valence-electron chi connectivity index (χ2n) is 6.83. The first-order chi connectivity index (χ1) is 12.8. The van der Waals surface area contributed by atoms with Gasteiger partial charge in [-0.2, -0.15) is 0 Å². The molecule has 0 saturated heterocycles. The molecule has 2 aromatic rings. The molecule has 2 N–H and O–H groups in total. The molecule has 0 fully saturated rings. The van der Waals surface area contributed by atoms with Crippen molar-refractivity contribution in [3.05, 3.63) is 58.1 Å². The van der Waals surface area contributed by atoms with E-state index in [1.54, 1.807) is 13.2 Å². The molecule has 0 aliphatic carbocycles. The summed E-state index contributed by atoms with van der Waals surface area (Å²) in [6, 6.07) is 11.0. The fourth-order valence-corrected chi connectivity index (χ4v) is 3.10. The number of carbonyl (C=O) groups is 1. The topological polar surface area (TPSA) is 67.8 Å². The van der Waals surface area contributed by atoms with E-state index in [1.165, 1.54) is 0 Å². The number of halogens is 1. The number of carboxylic acids is 1. The minimum atomic E-state index is -0.874. The van der Waals surface area contributed by atoms with Gasteiger partial charge < -0.3 is 19.9 Å². The number of methoxy groups -OCH3 is 1. The third-order valence-corrected chi connectivity index (χ3v) is 4.49. The molecule has 0 radical (unpaired) electrons. The van der Waals surface area contributed by atoms with Crippen LogP contribution in [0.1, 0.15) is 30.5 Å². The van der Waals surface area contributed by atoms with Crippen molar-refractivity contribution < 1.29 is 19.4 Å². The quantitative estimate of drug-likeness (QED) is 0.661. The number of carboxylic acid groups (broad SMARTS) is 1. The standard InChI is InChI=1S/C21H26ClNO4/c1-13(2)19(21(24)25)23-11-16-9-17(22)20(18(10-16)26-4)27-12-15-7-5-6-14(3)8-15/h5-10,13,19,23H,11-12H2,1-4H3,(H,24,25). The van der Waals surface area contributed by atoms with E-state index in [-0.39, 0.29) is 5.92 Å². The molecule has 0 saturated carbocycles. The summed E-state index contributed by atoms with van der Waals surface area (Å²) in [6.45, 7) is 6.50. The molecule has 2 aromatic carbocycles. The Labute approximate surface area is 165 Å². The molecule has 27 heavy (non-hydrogen) atoms. The van der Waals surface area contributed by atoms with Crippen molar-refractivity contribution in [3.63, 3.8) is 0 Å². The van der Waals surface area contributed by atoms with E-state index in [0.717, 1.165) is 16.7 Å². The van der Waals surface area contributed by atoms with E-state index in [9.17, 15) is 9.90 Å². The normalized spacial score (nSPS) is 12.1. The smallest absolute Gasteiger partial charge is 0.320 e. The minimum Gasteiger partial charge on any atom is -0.493 e. The average Bonchev–Trinajstić information content (AvgIpc) is 2.60. The Bertz CT molecular complexity index is 792. The maximum Gasteiger partial charge on any atom is 0.320 e. The highest BCUT2D eigenvalue weighted by molar-refractivity contribution is 6.32. The third-order valence-electron chi connectivity index (χ3n) is 4.21. The van der Waals surface area contributed by atoms with Gasteiger partial charge in [0.05, 0.1) is 12.1 Å². The lowest BCUT2D eigenvalue weighted by atomic mass is 10.0. The van der Waals surface area contributed by atoms with Crippen LogP contribution in [0, 0.1) is 12.8 Å². The molecule has 1 atom stereocenters. The molecule has 0 bridgehead atoms. The van der Waals surface area contributed by atoms with E-state index < -0.39 is 12.0 Å². The fourth-order valence-electron chi connectivity index (χ4n) is 2.81. The van der Waals surface area contributed by atoms with Gasteiger partial charge in [0.1, 0.15) is 12.6 Å². The molecular weight excluding hydrogens is 366 g/mol. The highest BCUT2D eigenvalue weighted by Crippen LogP contribution is 2.37. The first-order valence-corrected chi connectivity index (χ1v) is 9.20. The maximum atomic E-state index is 11.3. The number of benzene rings is 2. The van der Waals surface area contributed by atoms with Crippen LogP contribution in [-0.2, 0) is 17.9 Å². The van der Waals surface area contributed by atoms with E-state index in [1.807, 2.05) is 45.0 Å². The monoisotopic (exact) mass is 391 g/mol. The lowest BCUT2D eigenvalue weighted by molar-refractivity contribution is -0.140. The molecule has 5 nitrogen and oxygen atoms in total. The van der Waals surface area contributed by atoms with Crippen molar-refractivity contribution >= 4 is 17.6 Å². The van der Waals surface area contributed by atoms with Crippen molar-refractivity contribution in [2.75, 3.05) is 7.11 Å². The van der Waals surface area contributed by atoms with Crippen LogP contribution >= 0.6 is 11.6 Å². The summed E-state index contributed by atoms with van der Waals surface area (Å²) in [7, 11) is 1.55. The molecule has 1 unspecified atom stereocenters.